The van der Waals surface area contributed by atoms with Crippen molar-refractivity contribution in [2.45, 2.75) is 30.0 Å². The Hall–Kier alpha value is -4.55. The molecule has 1 aliphatic heterocycles. The van der Waals surface area contributed by atoms with Gasteiger partial charge in [-0.3, -0.25) is 13.9 Å². The number of rotatable bonds is 10. The van der Waals surface area contributed by atoms with Crippen LogP contribution in [0.1, 0.15) is 16.7 Å². The van der Waals surface area contributed by atoms with Crippen LogP contribution in [0.15, 0.2) is 95.9 Å². The van der Waals surface area contributed by atoms with Crippen LogP contribution in [0, 0.1) is 0 Å². The topological polar surface area (TPSA) is 102 Å². The second-order valence-electron chi connectivity index (χ2n) is 10.4. The Labute approximate surface area is 268 Å². The van der Waals surface area contributed by atoms with Crippen LogP contribution in [0.25, 0.3) is 11.1 Å². The Morgan fingerprint density at radius 2 is 1.67 bits per heavy atom. The fraction of sp³-hybridized carbons (Fsp3) is 0.212. The van der Waals surface area contributed by atoms with E-state index >= 15 is 0 Å². The highest BCUT2D eigenvalue weighted by molar-refractivity contribution is 7.93. The zero-order chi connectivity index (χ0) is 33.1. The standard InChI is InChI=1S/C33H28ClF3N2O6S/c1-44-31(40)18-21-6-11-25(12-7-21)45-17-16-38-32(41)30-19-23-4-2-3-5-29(23)39(30)46(42,43)26-13-8-22(9-14-26)27-20-24(33(35,36)37)10-15-28(27)34/h2-15,20,30H,16-19H2,1H3,(H,38,41)/t30-/m0/s1. The summed E-state index contributed by atoms with van der Waals surface area (Å²) >= 11 is 6.18. The molecule has 0 aromatic heterocycles. The van der Waals surface area contributed by atoms with E-state index in [4.69, 9.17) is 16.3 Å². The minimum atomic E-state index is -4.58. The molecule has 240 valence electrons. The second-order valence-corrected chi connectivity index (χ2v) is 12.6. The highest BCUT2D eigenvalue weighted by atomic mass is 35.5. The number of ether oxygens (including phenoxy) is 2. The van der Waals surface area contributed by atoms with Crippen molar-refractivity contribution in [1.29, 1.82) is 0 Å². The molecule has 0 radical (unpaired) electrons. The van der Waals surface area contributed by atoms with Gasteiger partial charge < -0.3 is 14.8 Å². The molecule has 1 aliphatic rings. The number of alkyl halides is 3. The van der Waals surface area contributed by atoms with Gasteiger partial charge in [0, 0.05) is 17.0 Å². The molecule has 0 saturated carbocycles. The van der Waals surface area contributed by atoms with E-state index in [0.717, 1.165) is 28.1 Å². The summed E-state index contributed by atoms with van der Waals surface area (Å²) in [4.78, 5) is 24.6. The highest BCUT2D eigenvalue weighted by Crippen LogP contribution is 2.39. The summed E-state index contributed by atoms with van der Waals surface area (Å²) in [5.74, 6) is -0.363. The summed E-state index contributed by atoms with van der Waals surface area (Å²) in [5.41, 5.74) is 1.29. The number of carbonyl (C=O) groups is 2. The van der Waals surface area contributed by atoms with Crippen LogP contribution in [-0.4, -0.2) is 46.6 Å². The Bertz CT molecular complexity index is 1850. The lowest BCUT2D eigenvalue weighted by Gasteiger charge is -2.26. The van der Waals surface area contributed by atoms with Crippen molar-refractivity contribution in [2.24, 2.45) is 0 Å². The highest BCUT2D eigenvalue weighted by Gasteiger charge is 2.42. The summed E-state index contributed by atoms with van der Waals surface area (Å²) in [7, 11) is -2.97. The first kappa shape index (κ1) is 32.8. The van der Waals surface area contributed by atoms with Crippen LogP contribution in [0.4, 0.5) is 18.9 Å². The Morgan fingerprint density at radius 3 is 2.35 bits per heavy atom. The predicted molar refractivity (Wildman–Crippen MR) is 166 cm³/mol. The quantitative estimate of drug-likeness (QED) is 0.163. The van der Waals surface area contributed by atoms with E-state index in [1.165, 1.54) is 31.4 Å². The first-order valence-electron chi connectivity index (χ1n) is 14.0. The van der Waals surface area contributed by atoms with Gasteiger partial charge in [0.05, 0.1) is 36.2 Å². The van der Waals surface area contributed by atoms with Crippen molar-refractivity contribution in [2.75, 3.05) is 24.6 Å². The molecule has 0 unspecified atom stereocenters. The summed E-state index contributed by atoms with van der Waals surface area (Å²) in [6, 6.07) is 20.8. The van der Waals surface area contributed by atoms with E-state index in [0.29, 0.717) is 22.6 Å². The van der Waals surface area contributed by atoms with Crippen LogP contribution in [0.5, 0.6) is 5.75 Å². The number of benzene rings is 4. The average Bonchev–Trinajstić information content (AvgIpc) is 3.44. The van der Waals surface area contributed by atoms with Crippen LogP contribution in [-0.2, 0) is 43.4 Å². The van der Waals surface area contributed by atoms with Gasteiger partial charge in [-0.15, -0.1) is 0 Å². The molecule has 1 heterocycles. The average molecular weight is 673 g/mol. The molecule has 0 spiro atoms. The van der Waals surface area contributed by atoms with Gasteiger partial charge in [0.25, 0.3) is 10.0 Å². The van der Waals surface area contributed by atoms with Gasteiger partial charge in [-0.25, -0.2) is 8.42 Å². The number of hydrogen-bond acceptors (Lipinski definition) is 6. The molecule has 0 fully saturated rings. The Morgan fingerprint density at radius 1 is 0.978 bits per heavy atom. The van der Waals surface area contributed by atoms with Crippen molar-refractivity contribution in [3.63, 3.8) is 0 Å². The first-order chi connectivity index (χ1) is 21.9. The number of esters is 1. The lowest BCUT2D eigenvalue weighted by atomic mass is 10.0. The number of hydrogen-bond donors (Lipinski definition) is 1. The Balaban J connectivity index is 1.30. The molecule has 0 aliphatic carbocycles. The number of sulfonamides is 1. The van der Waals surface area contributed by atoms with Crippen molar-refractivity contribution < 1.29 is 40.7 Å². The fourth-order valence-corrected chi connectivity index (χ4v) is 6.98. The molecule has 5 rings (SSSR count). The molecule has 8 nitrogen and oxygen atoms in total. The predicted octanol–water partition coefficient (Wildman–Crippen LogP) is 6.06. The zero-order valence-electron chi connectivity index (χ0n) is 24.4. The van der Waals surface area contributed by atoms with Gasteiger partial charge in [-0.05, 0) is 65.2 Å². The van der Waals surface area contributed by atoms with Gasteiger partial charge in [0.2, 0.25) is 5.91 Å². The number of anilines is 1. The number of methoxy groups -OCH3 is 1. The molecular formula is C33H28ClF3N2O6S. The van der Waals surface area contributed by atoms with Gasteiger partial charge in [0.1, 0.15) is 18.4 Å². The SMILES string of the molecule is COC(=O)Cc1ccc(OCCNC(=O)[C@@H]2Cc3ccccc3N2S(=O)(=O)c2ccc(-c3cc(C(F)(F)F)ccc3Cl)cc2)cc1. The lowest BCUT2D eigenvalue weighted by Crippen LogP contribution is -2.48. The normalized spacial score (nSPS) is 14.5. The molecule has 4 aromatic rings. The van der Waals surface area contributed by atoms with Gasteiger partial charge in [0.15, 0.2) is 0 Å². The summed E-state index contributed by atoms with van der Waals surface area (Å²) in [6.07, 6.45) is -4.31. The maximum Gasteiger partial charge on any atom is 0.416 e. The number of nitrogens with zero attached hydrogens (tertiary/aromatic N) is 1. The summed E-state index contributed by atoms with van der Waals surface area (Å²) < 4.78 is 79.2. The zero-order valence-corrected chi connectivity index (χ0v) is 26.0. The van der Waals surface area contributed by atoms with Crippen molar-refractivity contribution in [1.82, 2.24) is 5.32 Å². The summed E-state index contributed by atoms with van der Waals surface area (Å²) in [6.45, 7) is 0.198. The molecule has 13 heteroatoms. The van der Waals surface area contributed by atoms with Crippen LogP contribution < -0.4 is 14.4 Å². The molecule has 0 saturated heterocycles. The largest absolute Gasteiger partial charge is 0.492 e. The van der Waals surface area contributed by atoms with Gasteiger partial charge >= 0.3 is 12.1 Å². The molecule has 1 N–H and O–H groups in total. The van der Waals surface area contributed by atoms with E-state index in [1.807, 2.05) is 0 Å². The maximum absolute atomic E-state index is 14.0. The van der Waals surface area contributed by atoms with Crippen LogP contribution >= 0.6 is 11.6 Å². The number of carbonyl (C=O) groups excluding carboxylic acids is 2. The first-order valence-corrected chi connectivity index (χ1v) is 15.9. The number of para-hydroxylation sites is 1. The number of nitrogens with one attached hydrogen (secondary N) is 1. The Kier molecular flexibility index (Phi) is 9.59. The van der Waals surface area contributed by atoms with E-state index in [-0.39, 0.29) is 47.4 Å². The van der Waals surface area contributed by atoms with Crippen molar-refractivity contribution in [3.8, 4) is 16.9 Å². The molecule has 1 amide bonds. The number of fused-ring (bicyclic) bond motifs is 1. The smallest absolute Gasteiger partial charge is 0.416 e. The van der Waals surface area contributed by atoms with E-state index in [2.05, 4.69) is 10.1 Å². The lowest BCUT2D eigenvalue weighted by molar-refractivity contribution is -0.140. The second kappa shape index (κ2) is 13.4. The maximum atomic E-state index is 14.0. The number of amides is 1. The number of halogens is 4. The fourth-order valence-electron chi connectivity index (χ4n) is 5.10. The van der Waals surface area contributed by atoms with Crippen molar-refractivity contribution >= 4 is 39.2 Å². The summed E-state index contributed by atoms with van der Waals surface area (Å²) in [5, 5.41) is 2.82. The van der Waals surface area contributed by atoms with Crippen molar-refractivity contribution in [3.05, 3.63) is 113 Å². The third-order valence-corrected chi connectivity index (χ3v) is 9.58. The monoisotopic (exact) mass is 672 g/mol. The minimum Gasteiger partial charge on any atom is -0.492 e. The molecule has 46 heavy (non-hydrogen) atoms. The van der Waals surface area contributed by atoms with E-state index in [1.54, 1.807) is 48.5 Å². The van der Waals surface area contributed by atoms with Crippen LogP contribution in [0.2, 0.25) is 5.02 Å². The molecule has 0 bridgehead atoms. The van der Waals surface area contributed by atoms with Gasteiger partial charge in [-0.1, -0.05) is 54.1 Å². The molecule has 4 aromatic carbocycles. The van der Waals surface area contributed by atoms with E-state index < -0.39 is 33.7 Å². The third-order valence-electron chi connectivity index (χ3n) is 7.41. The molecular weight excluding hydrogens is 645 g/mol. The van der Waals surface area contributed by atoms with E-state index in [9.17, 15) is 31.2 Å². The van der Waals surface area contributed by atoms with Crippen LogP contribution in [0.3, 0.4) is 0 Å². The van der Waals surface area contributed by atoms with Gasteiger partial charge in [-0.2, -0.15) is 13.2 Å². The third kappa shape index (κ3) is 7.13. The minimum absolute atomic E-state index is 0.0772. The molecule has 1 atom stereocenters.